The van der Waals surface area contributed by atoms with Crippen molar-refractivity contribution >= 4 is 29.0 Å². The Labute approximate surface area is 131 Å². The molecule has 1 N–H and O–H groups in total. The van der Waals surface area contributed by atoms with Crippen molar-refractivity contribution < 1.29 is 9.72 Å². The second-order valence-electron chi connectivity index (χ2n) is 5.07. The maximum Gasteiger partial charge on any atom is 0.354 e. The van der Waals surface area contributed by atoms with E-state index in [0.29, 0.717) is 11.3 Å². The summed E-state index contributed by atoms with van der Waals surface area (Å²) >= 11 is 0. The lowest BCUT2D eigenvalue weighted by Gasteiger charge is -2.15. The number of nitrogens with one attached hydrogen (secondary N) is 1. The van der Waals surface area contributed by atoms with Crippen molar-refractivity contribution in [2.24, 2.45) is 4.99 Å². The Morgan fingerprint density at radius 2 is 1.87 bits per heavy atom. The molecule has 7 nitrogen and oxygen atoms in total. The number of nitro benzene ring substituents is 1. The zero-order valence-electron chi connectivity index (χ0n) is 12.2. The first-order valence-electron chi connectivity index (χ1n) is 6.80. The molecule has 0 aliphatic carbocycles. The lowest BCUT2D eigenvalue weighted by atomic mass is 10.1. The number of hydrogen-bond acceptors (Lipinski definition) is 4. The van der Waals surface area contributed by atoms with Crippen molar-refractivity contribution in [3.05, 3.63) is 69.8 Å². The normalized spacial score (nSPS) is 14.1. The number of carbonyl (C=O) groups is 1. The maximum atomic E-state index is 12.1. The predicted octanol–water partition coefficient (Wildman–Crippen LogP) is 3.31. The highest BCUT2D eigenvalue weighted by molar-refractivity contribution is 6.59. The van der Waals surface area contributed by atoms with Crippen LogP contribution >= 0.6 is 0 Å². The Morgan fingerprint density at radius 3 is 2.48 bits per heavy atom. The van der Waals surface area contributed by atoms with Gasteiger partial charge in [-0.1, -0.05) is 12.1 Å². The van der Waals surface area contributed by atoms with Crippen LogP contribution < -0.4 is 4.90 Å². The highest BCUT2D eigenvalue weighted by Crippen LogP contribution is 2.24. The van der Waals surface area contributed by atoms with Gasteiger partial charge in [-0.25, -0.2) is 9.69 Å². The molecular formula is C16H12N4O3. The van der Waals surface area contributed by atoms with Crippen LogP contribution in [0.3, 0.4) is 0 Å². The highest BCUT2D eigenvalue weighted by atomic mass is 16.6. The topological polar surface area (TPSA) is 99.7 Å². The number of aryl methyl sites for hydroxylation is 1. The molecule has 0 atom stereocenters. The molecule has 0 unspecified atom stereocenters. The summed E-state index contributed by atoms with van der Waals surface area (Å²) in [6.07, 6.45) is 0. The Morgan fingerprint density at radius 1 is 1.17 bits per heavy atom. The SMILES string of the molecule is Cc1cccc(N2C(=N)C(c3ccc([N+](=O)[O-])cc3)=NC2=O)c1. The van der Waals surface area contributed by atoms with Crippen molar-refractivity contribution in [2.45, 2.75) is 6.92 Å². The van der Waals surface area contributed by atoms with E-state index in [0.717, 1.165) is 5.56 Å². The fourth-order valence-corrected chi connectivity index (χ4v) is 2.35. The molecule has 2 aromatic rings. The summed E-state index contributed by atoms with van der Waals surface area (Å²) in [5.74, 6) is -0.0468. The van der Waals surface area contributed by atoms with E-state index in [4.69, 9.17) is 5.41 Å². The van der Waals surface area contributed by atoms with E-state index in [1.165, 1.54) is 29.2 Å². The second-order valence-corrected chi connectivity index (χ2v) is 5.07. The molecule has 114 valence electrons. The summed E-state index contributed by atoms with van der Waals surface area (Å²) in [5, 5.41) is 18.9. The van der Waals surface area contributed by atoms with Crippen LogP contribution in [0.25, 0.3) is 0 Å². The molecular weight excluding hydrogens is 296 g/mol. The van der Waals surface area contributed by atoms with E-state index in [9.17, 15) is 14.9 Å². The van der Waals surface area contributed by atoms with Crippen LogP contribution in [0.2, 0.25) is 0 Å². The van der Waals surface area contributed by atoms with Gasteiger partial charge in [0.2, 0.25) is 0 Å². The van der Waals surface area contributed by atoms with Gasteiger partial charge in [-0.2, -0.15) is 4.99 Å². The summed E-state index contributed by atoms with van der Waals surface area (Å²) < 4.78 is 0. The molecule has 23 heavy (non-hydrogen) atoms. The first-order chi connectivity index (χ1) is 11.0. The van der Waals surface area contributed by atoms with Gasteiger partial charge in [0.15, 0.2) is 5.84 Å². The van der Waals surface area contributed by atoms with Crippen molar-refractivity contribution in [1.29, 1.82) is 5.41 Å². The Kier molecular flexibility index (Phi) is 3.46. The fraction of sp³-hybridized carbons (Fsp3) is 0.0625. The van der Waals surface area contributed by atoms with E-state index in [1.54, 1.807) is 18.2 Å². The second kappa shape index (κ2) is 5.45. The third-order valence-electron chi connectivity index (χ3n) is 3.46. The molecule has 2 amide bonds. The van der Waals surface area contributed by atoms with Crippen LogP contribution in [0.15, 0.2) is 53.5 Å². The molecule has 3 rings (SSSR count). The van der Waals surface area contributed by atoms with E-state index in [2.05, 4.69) is 4.99 Å². The van der Waals surface area contributed by atoms with Crippen molar-refractivity contribution in [3.63, 3.8) is 0 Å². The number of carbonyl (C=O) groups excluding carboxylic acids is 1. The van der Waals surface area contributed by atoms with Gasteiger partial charge in [-0.3, -0.25) is 15.5 Å². The summed E-state index contributed by atoms with van der Waals surface area (Å²) in [7, 11) is 0. The third-order valence-corrected chi connectivity index (χ3v) is 3.46. The summed E-state index contributed by atoms with van der Waals surface area (Å²) in [5.41, 5.74) is 2.17. The van der Waals surface area contributed by atoms with E-state index >= 15 is 0 Å². The average molecular weight is 308 g/mol. The van der Waals surface area contributed by atoms with Gasteiger partial charge in [0.05, 0.1) is 10.6 Å². The number of anilines is 1. The molecule has 0 saturated carbocycles. The van der Waals surface area contributed by atoms with E-state index in [1.807, 2.05) is 13.0 Å². The maximum absolute atomic E-state index is 12.1. The molecule has 2 aromatic carbocycles. The van der Waals surface area contributed by atoms with E-state index < -0.39 is 11.0 Å². The monoisotopic (exact) mass is 308 g/mol. The number of hydrogen-bond donors (Lipinski definition) is 1. The van der Waals surface area contributed by atoms with Crippen LogP contribution in [0, 0.1) is 22.4 Å². The summed E-state index contributed by atoms with van der Waals surface area (Å²) in [6, 6.07) is 12.3. The van der Waals surface area contributed by atoms with Crippen LogP contribution in [-0.2, 0) is 0 Å². The largest absolute Gasteiger partial charge is 0.354 e. The Bertz CT molecular complexity index is 856. The Balaban J connectivity index is 1.94. The molecule has 1 heterocycles. The van der Waals surface area contributed by atoms with Gasteiger partial charge in [0.1, 0.15) is 5.71 Å². The minimum atomic E-state index is -0.547. The molecule has 0 aromatic heterocycles. The predicted molar refractivity (Wildman–Crippen MR) is 86.4 cm³/mol. The number of urea groups is 1. The summed E-state index contributed by atoms with van der Waals surface area (Å²) in [6.45, 7) is 1.89. The van der Waals surface area contributed by atoms with Gasteiger partial charge in [-0.15, -0.1) is 0 Å². The zero-order chi connectivity index (χ0) is 16.6. The smallest absolute Gasteiger partial charge is 0.282 e. The minimum Gasteiger partial charge on any atom is -0.282 e. The zero-order valence-corrected chi connectivity index (χ0v) is 12.2. The molecule has 0 fully saturated rings. The Hall–Kier alpha value is -3.35. The van der Waals surface area contributed by atoms with Gasteiger partial charge in [0, 0.05) is 17.7 Å². The van der Waals surface area contributed by atoms with Crippen LogP contribution in [0.5, 0.6) is 0 Å². The van der Waals surface area contributed by atoms with Crippen LogP contribution in [-0.4, -0.2) is 22.5 Å². The van der Waals surface area contributed by atoms with Gasteiger partial charge >= 0.3 is 6.03 Å². The molecule has 7 heteroatoms. The highest BCUT2D eigenvalue weighted by Gasteiger charge is 2.32. The van der Waals surface area contributed by atoms with Gasteiger partial charge in [0.25, 0.3) is 5.69 Å². The number of nitro groups is 1. The molecule has 0 saturated heterocycles. The third kappa shape index (κ3) is 2.59. The number of benzene rings is 2. The quantitative estimate of drug-likeness (QED) is 0.695. The number of aliphatic imine (C=N–C) groups is 1. The number of amides is 2. The van der Waals surface area contributed by atoms with Crippen molar-refractivity contribution in [1.82, 2.24) is 0 Å². The van der Waals surface area contributed by atoms with Gasteiger partial charge < -0.3 is 0 Å². The number of amidine groups is 1. The van der Waals surface area contributed by atoms with Crippen molar-refractivity contribution in [2.75, 3.05) is 4.90 Å². The first kappa shape index (κ1) is 14.6. The van der Waals surface area contributed by atoms with Crippen molar-refractivity contribution in [3.8, 4) is 0 Å². The number of non-ortho nitro benzene ring substituents is 1. The molecule has 1 aliphatic heterocycles. The molecule has 0 bridgehead atoms. The average Bonchev–Trinajstić information content (AvgIpc) is 2.82. The molecule has 1 aliphatic rings. The minimum absolute atomic E-state index is 0.0468. The lowest BCUT2D eigenvalue weighted by Crippen LogP contribution is -2.32. The van der Waals surface area contributed by atoms with Crippen LogP contribution in [0.1, 0.15) is 11.1 Å². The van der Waals surface area contributed by atoms with Crippen LogP contribution in [0.4, 0.5) is 16.2 Å². The first-order valence-corrected chi connectivity index (χ1v) is 6.80. The lowest BCUT2D eigenvalue weighted by molar-refractivity contribution is -0.384. The number of rotatable bonds is 3. The molecule has 0 radical (unpaired) electrons. The van der Waals surface area contributed by atoms with E-state index in [-0.39, 0.29) is 17.2 Å². The van der Waals surface area contributed by atoms with Gasteiger partial charge in [-0.05, 0) is 36.8 Å². The fourth-order valence-electron chi connectivity index (χ4n) is 2.35. The number of nitrogens with zero attached hydrogens (tertiary/aromatic N) is 3. The standard InChI is InChI=1S/C16H12N4O3/c1-10-3-2-4-13(9-10)19-15(17)14(18-16(19)21)11-5-7-12(8-6-11)20(22)23/h2-9,17H,1H3. The summed E-state index contributed by atoms with van der Waals surface area (Å²) in [4.78, 5) is 27.5. The molecule has 0 spiro atoms.